The second kappa shape index (κ2) is 9.94. The van der Waals surface area contributed by atoms with Crippen molar-refractivity contribution in [3.63, 3.8) is 0 Å². The van der Waals surface area contributed by atoms with E-state index < -0.39 is 33.9 Å². The molecule has 4 amide bonds. The molecule has 2 aromatic rings. The zero-order valence-corrected chi connectivity index (χ0v) is 19.4. The molecular weight excluding hydrogens is 456 g/mol. The standard InChI is InChI=1S/C20H26N4O6S2/c1-13(2)9-16(19(26)22-28)24(7-6-23-18(25)11-21-20(23)27)32(29,30)12-14-3-4-17-15(10-14)5-8-31-17/h3-5,8,10,13,16,28H,6-7,9,11-12H2,1-2H3,(H,21,27)(H,22,26)/t16-/m1/s1. The maximum atomic E-state index is 13.4. The molecule has 1 saturated heterocycles. The van der Waals surface area contributed by atoms with Crippen LogP contribution in [0.3, 0.4) is 0 Å². The van der Waals surface area contributed by atoms with E-state index in [4.69, 9.17) is 0 Å². The van der Waals surface area contributed by atoms with Crippen LogP contribution in [0, 0.1) is 5.92 Å². The monoisotopic (exact) mass is 482 g/mol. The summed E-state index contributed by atoms with van der Waals surface area (Å²) in [5.74, 6) is -1.77. The minimum Gasteiger partial charge on any atom is -0.329 e. The number of thiophene rings is 1. The summed E-state index contributed by atoms with van der Waals surface area (Å²) in [5.41, 5.74) is 2.09. The average molecular weight is 483 g/mol. The van der Waals surface area contributed by atoms with Crippen molar-refractivity contribution in [3.05, 3.63) is 35.2 Å². The van der Waals surface area contributed by atoms with Gasteiger partial charge in [-0.1, -0.05) is 19.9 Å². The van der Waals surface area contributed by atoms with Crippen molar-refractivity contribution in [1.29, 1.82) is 0 Å². The second-order valence-electron chi connectivity index (χ2n) is 7.99. The van der Waals surface area contributed by atoms with Gasteiger partial charge in [0.2, 0.25) is 15.9 Å². The maximum absolute atomic E-state index is 13.4. The summed E-state index contributed by atoms with van der Waals surface area (Å²) < 4.78 is 28.9. The van der Waals surface area contributed by atoms with E-state index in [-0.39, 0.29) is 37.7 Å². The highest BCUT2D eigenvalue weighted by Gasteiger charge is 2.37. The molecule has 174 valence electrons. The Labute approximate surface area is 190 Å². The Hall–Kier alpha value is -2.54. The third-order valence-electron chi connectivity index (χ3n) is 5.16. The minimum absolute atomic E-state index is 0.0612. The van der Waals surface area contributed by atoms with Crippen molar-refractivity contribution in [2.24, 2.45) is 5.92 Å². The highest BCUT2D eigenvalue weighted by molar-refractivity contribution is 7.88. The fourth-order valence-electron chi connectivity index (χ4n) is 3.64. The van der Waals surface area contributed by atoms with Gasteiger partial charge in [0.05, 0.1) is 12.3 Å². The summed E-state index contributed by atoms with van der Waals surface area (Å²) in [6.07, 6.45) is 0.148. The number of nitrogens with zero attached hydrogens (tertiary/aromatic N) is 2. The molecular formula is C20H26N4O6S2. The van der Waals surface area contributed by atoms with Crippen LogP contribution in [-0.2, 0) is 25.4 Å². The third kappa shape index (κ3) is 5.44. The molecule has 32 heavy (non-hydrogen) atoms. The van der Waals surface area contributed by atoms with E-state index in [9.17, 15) is 28.0 Å². The van der Waals surface area contributed by atoms with Gasteiger partial charge in [-0.25, -0.2) is 18.7 Å². The largest absolute Gasteiger partial charge is 0.329 e. The van der Waals surface area contributed by atoms with Gasteiger partial charge in [0, 0.05) is 17.8 Å². The summed E-state index contributed by atoms with van der Waals surface area (Å²) in [5, 5.41) is 14.4. The highest BCUT2D eigenvalue weighted by Crippen LogP contribution is 2.25. The number of hydrogen-bond acceptors (Lipinski definition) is 7. The Morgan fingerprint density at radius 3 is 2.69 bits per heavy atom. The first-order valence-corrected chi connectivity index (χ1v) is 12.6. The highest BCUT2D eigenvalue weighted by atomic mass is 32.2. The first-order chi connectivity index (χ1) is 15.1. The normalized spacial score (nSPS) is 15.6. The van der Waals surface area contributed by atoms with Crippen LogP contribution in [0.4, 0.5) is 4.79 Å². The number of rotatable bonds is 10. The molecule has 10 nitrogen and oxygen atoms in total. The number of urea groups is 1. The van der Waals surface area contributed by atoms with E-state index in [0.717, 1.165) is 19.3 Å². The van der Waals surface area contributed by atoms with Crippen molar-refractivity contribution in [3.8, 4) is 0 Å². The summed E-state index contributed by atoms with van der Waals surface area (Å²) in [6.45, 7) is 3.02. The van der Waals surface area contributed by atoms with Gasteiger partial charge in [0.15, 0.2) is 0 Å². The first-order valence-electron chi connectivity index (χ1n) is 10.1. The lowest BCUT2D eigenvalue weighted by Gasteiger charge is -2.31. The minimum atomic E-state index is -4.06. The number of fused-ring (bicyclic) bond motifs is 1. The SMILES string of the molecule is CC(C)C[C@H](C(=O)NO)N(CCN1C(=O)CNC1=O)S(=O)(=O)Cc1ccc2sccc2c1. The van der Waals surface area contributed by atoms with Gasteiger partial charge >= 0.3 is 6.03 Å². The maximum Gasteiger partial charge on any atom is 0.324 e. The van der Waals surface area contributed by atoms with Crippen LogP contribution in [0.2, 0.25) is 0 Å². The van der Waals surface area contributed by atoms with E-state index in [2.05, 4.69) is 5.32 Å². The average Bonchev–Trinajstić information content (AvgIpc) is 3.32. The molecule has 1 aromatic carbocycles. The lowest BCUT2D eigenvalue weighted by atomic mass is 10.0. The van der Waals surface area contributed by atoms with Gasteiger partial charge in [-0.2, -0.15) is 4.31 Å². The van der Waals surface area contributed by atoms with E-state index in [1.807, 2.05) is 31.4 Å². The number of carbonyl (C=O) groups is 3. The summed E-state index contributed by atoms with van der Waals surface area (Å²) in [6, 6.07) is 5.43. The number of nitrogens with one attached hydrogen (secondary N) is 2. The molecule has 0 radical (unpaired) electrons. The molecule has 2 heterocycles. The van der Waals surface area contributed by atoms with Gasteiger partial charge in [0.25, 0.3) is 5.91 Å². The van der Waals surface area contributed by atoms with Crippen LogP contribution in [0.15, 0.2) is 29.6 Å². The molecule has 1 aliphatic heterocycles. The summed E-state index contributed by atoms with van der Waals surface area (Å²) in [7, 11) is -4.06. The van der Waals surface area contributed by atoms with Crippen molar-refractivity contribution >= 4 is 49.3 Å². The molecule has 0 aliphatic carbocycles. The van der Waals surface area contributed by atoms with Crippen molar-refractivity contribution in [2.75, 3.05) is 19.6 Å². The summed E-state index contributed by atoms with van der Waals surface area (Å²) >= 11 is 1.55. The van der Waals surface area contributed by atoms with Crippen molar-refractivity contribution in [1.82, 2.24) is 20.0 Å². The van der Waals surface area contributed by atoms with Gasteiger partial charge in [-0.15, -0.1) is 11.3 Å². The Balaban J connectivity index is 1.91. The lowest BCUT2D eigenvalue weighted by molar-refractivity contribution is -0.133. The molecule has 1 fully saturated rings. The number of carbonyl (C=O) groups excluding carboxylic acids is 3. The Kier molecular flexibility index (Phi) is 7.49. The smallest absolute Gasteiger partial charge is 0.324 e. The Morgan fingerprint density at radius 2 is 2.06 bits per heavy atom. The van der Waals surface area contributed by atoms with Crippen LogP contribution < -0.4 is 10.8 Å². The molecule has 0 bridgehead atoms. The fraction of sp³-hybridized carbons (Fsp3) is 0.450. The van der Waals surface area contributed by atoms with Gasteiger partial charge in [-0.3, -0.25) is 19.7 Å². The zero-order chi connectivity index (χ0) is 23.5. The van der Waals surface area contributed by atoms with Crippen molar-refractivity contribution < 1.29 is 28.0 Å². The number of amides is 4. The van der Waals surface area contributed by atoms with Crippen LogP contribution in [0.1, 0.15) is 25.8 Å². The molecule has 0 unspecified atom stereocenters. The van der Waals surface area contributed by atoms with E-state index in [1.165, 1.54) is 0 Å². The van der Waals surface area contributed by atoms with Crippen LogP contribution in [0.5, 0.6) is 0 Å². The lowest BCUT2D eigenvalue weighted by Crippen LogP contribution is -2.52. The molecule has 3 rings (SSSR count). The number of hydrogen-bond donors (Lipinski definition) is 3. The quantitative estimate of drug-likeness (QED) is 0.267. The number of hydroxylamine groups is 1. The predicted molar refractivity (Wildman–Crippen MR) is 119 cm³/mol. The number of benzene rings is 1. The molecule has 0 spiro atoms. The molecule has 12 heteroatoms. The van der Waals surface area contributed by atoms with Gasteiger partial charge < -0.3 is 5.32 Å². The molecule has 3 N–H and O–H groups in total. The predicted octanol–water partition coefficient (Wildman–Crippen LogP) is 1.51. The second-order valence-corrected chi connectivity index (χ2v) is 10.9. The molecule has 1 aromatic heterocycles. The first kappa shape index (κ1) is 24.1. The summed E-state index contributed by atoms with van der Waals surface area (Å²) in [4.78, 5) is 37.2. The van der Waals surface area contributed by atoms with E-state index in [0.29, 0.717) is 5.56 Å². The Morgan fingerprint density at radius 1 is 1.31 bits per heavy atom. The third-order valence-corrected chi connectivity index (χ3v) is 7.91. The molecule has 0 saturated carbocycles. The van der Waals surface area contributed by atoms with Crippen LogP contribution >= 0.6 is 11.3 Å². The number of sulfonamides is 1. The number of imide groups is 1. The van der Waals surface area contributed by atoms with Crippen LogP contribution in [-0.4, -0.2) is 66.4 Å². The van der Waals surface area contributed by atoms with Gasteiger partial charge in [-0.05, 0) is 46.9 Å². The van der Waals surface area contributed by atoms with Crippen molar-refractivity contribution in [2.45, 2.75) is 32.1 Å². The van der Waals surface area contributed by atoms with Crippen LogP contribution in [0.25, 0.3) is 10.1 Å². The topological polar surface area (TPSA) is 136 Å². The molecule has 1 atom stereocenters. The molecule has 1 aliphatic rings. The van der Waals surface area contributed by atoms with E-state index in [1.54, 1.807) is 28.9 Å². The van der Waals surface area contributed by atoms with Gasteiger partial charge in [0.1, 0.15) is 6.04 Å². The Bertz CT molecular complexity index is 1100. The fourth-order valence-corrected chi connectivity index (χ4v) is 6.11. The zero-order valence-electron chi connectivity index (χ0n) is 17.8. The van der Waals surface area contributed by atoms with E-state index >= 15 is 0 Å².